The number of fused-ring (bicyclic) bond motifs is 1. The third-order valence-electron chi connectivity index (χ3n) is 6.56. The molecule has 1 aromatic carbocycles. The predicted molar refractivity (Wildman–Crippen MR) is 134 cm³/mol. The van der Waals surface area contributed by atoms with Crippen LogP contribution in [0.2, 0.25) is 0 Å². The first-order valence-electron chi connectivity index (χ1n) is 12.0. The summed E-state index contributed by atoms with van der Waals surface area (Å²) in [6, 6.07) is 10.3. The summed E-state index contributed by atoms with van der Waals surface area (Å²) in [7, 11) is 3.81. The first-order valence-corrected chi connectivity index (χ1v) is 12.0. The fraction of sp³-hybridized carbons (Fsp3) is 0.444. The van der Waals surface area contributed by atoms with Gasteiger partial charge in [0, 0.05) is 36.8 Å². The molecule has 1 saturated heterocycles. The molecular formula is C27H31N5O2. The van der Waals surface area contributed by atoms with Gasteiger partial charge in [-0.3, -0.25) is 9.36 Å². The molecule has 3 aromatic rings. The summed E-state index contributed by atoms with van der Waals surface area (Å²) in [5, 5.41) is 4.07. The van der Waals surface area contributed by atoms with E-state index in [0.717, 1.165) is 36.3 Å². The van der Waals surface area contributed by atoms with E-state index in [4.69, 9.17) is 4.74 Å². The molecular weight excluding hydrogens is 426 g/mol. The van der Waals surface area contributed by atoms with E-state index in [1.165, 1.54) is 25.1 Å². The number of nitrogens with one attached hydrogen (secondary N) is 1. The maximum absolute atomic E-state index is 13.1. The van der Waals surface area contributed by atoms with Crippen LogP contribution in [0.3, 0.4) is 0 Å². The number of aromatic nitrogens is 3. The van der Waals surface area contributed by atoms with E-state index in [9.17, 15) is 4.79 Å². The topological polar surface area (TPSA) is 72.3 Å². The largest absolute Gasteiger partial charge is 0.383 e. The van der Waals surface area contributed by atoms with Crippen LogP contribution >= 0.6 is 0 Å². The standard InChI is InChI=1S/C27H31N5O2/c1-31-12-11-21(18-31)15-20-6-9-24(10-7-20)29-27-28-17-23-16-22(8-5-19-3-4-19)26(33)32(13-14-34-2)25(23)30-27/h6-7,9-10,16-17,19,21H,3-4,11-15,18H2,1-2H3,(H,28,29,30). The fourth-order valence-corrected chi connectivity index (χ4v) is 4.49. The molecule has 2 aromatic heterocycles. The van der Waals surface area contributed by atoms with Crippen molar-refractivity contribution in [2.75, 3.05) is 39.2 Å². The molecule has 0 spiro atoms. The predicted octanol–water partition coefficient (Wildman–Crippen LogP) is 3.44. The maximum Gasteiger partial charge on any atom is 0.268 e. The number of anilines is 2. The van der Waals surface area contributed by atoms with Gasteiger partial charge in [-0.25, -0.2) is 4.98 Å². The monoisotopic (exact) mass is 457 g/mol. The van der Waals surface area contributed by atoms with Gasteiger partial charge in [-0.15, -0.1) is 0 Å². The van der Waals surface area contributed by atoms with Crippen molar-refractivity contribution in [2.45, 2.75) is 32.2 Å². The summed E-state index contributed by atoms with van der Waals surface area (Å²) in [6.07, 6.45) is 6.36. The van der Waals surface area contributed by atoms with Crippen molar-refractivity contribution >= 4 is 22.7 Å². The zero-order valence-electron chi connectivity index (χ0n) is 19.9. The van der Waals surface area contributed by atoms with Crippen LogP contribution in [0.1, 0.15) is 30.4 Å². The Morgan fingerprint density at radius 3 is 2.74 bits per heavy atom. The third kappa shape index (κ3) is 5.30. The molecule has 3 heterocycles. The van der Waals surface area contributed by atoms with Crippen molar-refractivity contribution in [3.8, 4) is 11.8 Å². The van der Waals surface area contributed by atoms with E-state index < -0.39 is 0 Å². The Bertz CT molecular complexity index is 1280. The van der Waals surface area contributed by atoms with Gasteiger partial charge < -0.3 is 15.0 Å². The number of pyridine rings is 1. The van der Waals surface area contributed by atoms with Crippen molar-refractivity contribution in [2.24, 2.45) is 11.8 Å². The summed E-state index contributed by atoms with van der Waals surface area (Å²) in [4.78, 5) is 24.7. The Balaban J connectivity index is 1.38. The Morgan fingerprint density at radius 1 is 1.21 bits per heavy atom. The highest BCUT2D eigenvalue weighted by Crippen LogP contribution is 2.27. The lowest BCUT2D eigenvalue weighted by molar-refractivity contribution is 0.187. The molecule has 1 aliphatic heterocycles. The summed E-state index contributed by atoms with van der Waals surface area (Å²) < 4.78 is 6.87. The van der Waals surface area contributed by atoms with Crippen LogP contribution in [-0.2, 0) is 17.7 Å². The molecule has 1 saturated carbocycles. The summed E-state index contributed by atoms with van der Waals surface area (Å²) in [5.41, 5.74) is 3.20. The van der Waals surface area contributed by atoms with Gasteiger partial charge in [0.15, 0.2) is 0 Å². The van der Waals surface area contributed by atoms with E-state index in [-0.39, 0.29) is 5.56 Å². The molecule has 7 nitrogen and oxygen atoms in total. The molecule has 5 rings (SSSR count). The Hall–Kier alpha value is -3.21. The second-order valence-electron chi connectivity index (χ2n) is 9.47. The highest BCUT2D eigenvalue weighted by molar-refractivity contribution is 5.77. The molecule has 0 radical (unpaired) electrons. The second kappa shape index (κ2) is 9.96. The van der Waals surface area contributed by atoms with Crippen molar-refractivity contribution < 1.29 is 4.74 Å². The number of methoxy groups -OCH3 is 1. The molecule has 34 heavy (non-hydrogen) atoms. The average molecular weight is 458 g/mol. The summed E-state index contributed by atoms with van der Waals surface area (Å²) in [6.45, 7) is 3.18. The average Bonchev–Trinajstić information content (AvgIpc) is 3.58. The minimum atomic E-state index is -0.135. The van der Waals surface area contributed by atoms with Crippen LogP contribution < -0.4 is 10.9 Å². The molecule has 1 unspecified atom stereocenters. The number of nitrogens with zero attached hydrogens (tertiary/aromatic N) is 4. The third-order valence-corrected chi connectivity index (χ3v) is 6.56. The van der Waals surface area contributed by atoms with E-state index >= 15 is 0 Å². The number of hydrogen-bond acceptors (Lipinski definition) is 6. The maximum atomic E-state index is 13.1. The number of rotatable bonds is 7. The normalized spacial score (nSPS) is 18.1. The Morgan fingerprint density at radius 2 is 2.03 bits per heavy atom. The van der Waals surface area contributed by atoms with Gasteiger partial charge in [-0.1, -0.05) is 24.0 Å². The van der Waals surface area contributed by atoms with Gasteiger partial charge in [0.25, 0.3) is 5.56 Å². The lowest BCUT2D eigenvalue weighted by Gasteiger charge is -2.13. The van der Waals surface area contributed by atoms with E-state index in [1.54, 1.807) is 23.9 Å². The van der Waals surface area contributed by atoms with Gasteiger partial charge in [0.2, 0.25) is 5.95 Å². The van der Waals surface area contributed by atoms with Crippen LogP contribution in [0.4, 0.5) is 11.6 Å². The lowest BCUT2D eigenvalue weighted by atomic mass is 9.98. The molecule has 1 N–H and O–H groups in total. The number of hydrogen-bond donors (Lipinski definition) is 1. The van der Waals surface area contributed by atoms with Crippen LogP contribution in [0.5, 0.6) is 0 Å². The smallest absolute Gasteiger partial charge is 0.268 e. The lowest BCUT2D eigenvalue weighted by Crippen LogP contribution is -2.25. The van der Waals surface area contributed by atoms with Crippen molar-refractivity contribution in [3.63, 3.8) is 0 Å². The minimum absolute atomic E-state index is 0.135. The van der Waals surface area contributed by atoms with Crippen LogP contribution in [0, 0.1) is 23.7 Å². The van der Waals surface area contributed by atoms with Crippen LogP contribution in [0.15, 0.2) is 41.3 Å². The molecule has 1 aliphatic carbocycles. The quantitative estimate of drug-likeness (QED) is 0.548. The van der Waals surface area contributed by atoms with E-state index in [2.05, 4.69) is 63.3 Å². The first kappa shape index (κ1) is 22.6. The van der Waals surface area contributed by atoms with E-state index in [1.807, 2.05) is 0 Å². The Labute approximate surface area is 200 Å². The van der Waals surface area contributed by atoms with Crippen molar-refractivity contribution in [3.05, 3.63) is 58.0 Å². The van der Waals surface area contributed by atoms with Gasteiger partial charge in [-0.2, -0.15) is 4.98 Å². The van der Waals surface area contributed by atoms with Crippen molar-refractivity contribution in [1.82, 2.24) is 19.4 Å². The van der Waals surface area contributed by atoms with Gasteiger partial charge in [0.05, 0.1) is 18.7 Å². The van der Waals surface area contributed by atoms with E-state index in [0.29, 0.717) is 36.2 Å². The Kier molecular flexibility index (Phi) is 6.61. The SMILES string of the molecule is COCCn1c(=O)c(C#CC2CC2)cc2cnc(Nc3ccc(CC4CCN(C)C4)cc3)nc21. The highest BCUT2D eigenvalue weighted by Gasteiger charge is 2.20. The number of benzene rings is 1. The first-order chi connectivity index (χ1) is 16.6. The van der Waals surface area contributed by atoms with Gasteiger partial charge in [0.1, 0.15) is 5.65 Å². The van der Waals surface area contributed by atoms with Crippen molar-refractivity contribution in [1.29, 1.82) is 0 Å². The number of ether oxygens (including phenoxy) is 1. The molecule has 7 heteroatoms. The van der Waals surface area contributed by atoms with Gasteiger partial charge >= 0.3 is 0 Å². The molecule has 0 amide bonds. The molecule has 176 valence electrons. The number of likely N-dealkylation sites (tertiary alicyclic amines) is 1. The highest BCUT2D eigenvalue weighted by atomic mass is 16.5. The fourth-order valence-electron chi connectivity index (χ4n) is 4.49. The zero-order chi connectivity index (χ0) is 23.5. The second-order valence-corrected chi connectivity index (χ2v) is 9.47. The summed E-state index contributed by atoms with van der Waals surface area (Å²) in [5.74, 6) is 7.88. The summed E-state index contributed by atoms with van der Waals surface area (Å²) >= 11 is 0. The van der Waals surface area contributed by atoms with Crippen LogP contribution in [0.25, 0.3) is 11.0 Å². The van der Waals surface area contributed by atoms with Gasteiger partial charge in [-0.05, 0) is 69.0 Å². The zero-order valence-corrected chi connectivity index (χ0v) is 19.9. The van der Waals surface area contributed by atoms with Crippen LogP contribution in [-0.4, -0.2) is 53.3 Å². The molecule has 2 aliphatic rings. The molecule has 2 fully saturated rings. The molecule has 1 atom stereocenters. The molecule has 0 bridgehead atoms. The minimum Gasteiger partial charge on any atom is -0.383 e.